The van der Waals surface area contributed by atoms with Gasteiger partial charge in [-0.1, -0.05) is 39.8 Å². The Morgan fingerprint density at radius 1 is 1.09 bits per heavy atom. The van der Waals surface area contributed by atoms with E-state index in [0.29, 0.717) is 6.42 Å². The van der Waals surface area contributed by atoms with Gasteiger partial charge in [-0.25, -0.2) is 4.79 Å². The first-order valence-electron chi connectivity index (χ1n) is 15.2. The van der Waals surface area contributed by atoms with Crippen LogP contribution in [0.4, 0.5) is 0 Å². The SMILES string of the molecule is COc1cccc([C@H](CC[C@H](C)C2O[C@@]34C[C@H](OC(=O)C[C@H]([C@@H](C)O)OC(=O)/C=C(\O3)[C@@](C)(O)CC4(C)C)[C@@H]2C)OC)c1. The van der Waals surface area contributed by atoms with Crippen LogP contribution in [0, 0.1) is 17.3 Å². The van der Waals surface area contributed by atoms with E-state index in [1.165, 1.54) is 6.92 Å². The number of cyclic esters (lactones) is 1. The van der Waals surface area contributed by atoms with Gasteiger partial charge in [-0.05, 0) is 56.7 Å². The number of carbonyl (C=O) groups excluding carboxylic acids is 2. The molecule has 0 aromatic heterocycles. The topological polar surface area (TPSA) is 130 Å². The Bertz CT molecular complexity index is 1190. The second-order valence-electron chi connectivity index (χ2n) is 13.3. The lowest BCUT2D eigenvalue weighted by Crippen LogP contribution is -2.65. The van der Waals surface area contributed by atoms with Crippen LogP contribution >= 0.6 is 0 Å². The van der Waals surface area contributed by atoms with Crippen LogP contribution < -0.4 is 4.74 Å². The van der Waals surface area contributed by atoms with Crippen molar-refractivity contribution in [2.24, 2.45) is 17.3 Å². The minimum Gasteiger partial charge on any atom is -0.497 e. The molecule has 4 rings (SSSR count). The number of hydrogen-bond acceptors (Lipinski definition) is 10. The highest BCUT2D eigenvalue weighted by molar-refractivity contribution is 5.83. The second kappa shape index (κ2) is 12.8. The van der Waals surface area contributed by atoms with Gasteiger partial charge < -0.3 is 38.6 Å². The molecule has 0 aliphatic carbocycles. The van der Waals surface area contributed by atoms with Crippen molar-refractivity contribution in [1.29, 1.82) is 0 Å². The van der Waals surface area contributed by atoms with Crippen molar-refractivity contribution in [3.05, 3.63) is 41.7 Å². The van der Waals surface area contributed by atoms with Gasteiger partial charge in [-0.2, -0.15) is 0 Å². The highest BCUT2D eigenvalue weighted by Crippen LogP contribution is 2.56. The summed E-state index contributed by atoms with van der Waals surface area (Å²) in [5.41, 5.74) is -1.21. The quantitative estimate of drug-likeness (QED) is 0.406. The number of hydrogen-bond donors (Lipinski definition) is 2. The molecule has 0 saturated carbocycles. The van der Waals surface area contributed by atoms with E-state index >= 15 is 0 Å². The Hall–Kier alpha value is -2.66. The number of rotatable bonds is 8. The van der Waals surface area contributed by atoms with E-state index < -0.39 is 47.1 Å². The molecule has 3 heterocycles. The number of esters is 2. The molecule has 2 saturated heterocycles. The molecule has 3 aliphatic heterocycles. The first kappa shape index (κ1) is 33.2. The maximum absolute atomic E-state index is 13.2. The Morgan fingerprint density at radius 3 is 2.47 bits per heavy atom. The fourth-order valence-electron chi connectivity index (χ4n) is 6.84. The van der Waals surface area contributed by atoms with Crippen molar-refractivity contribution in [1.82, 2.24) is 0 Å². The number of benzene rings is 1. The number of aliphatic hydroxyl groups is 2. The van der Waals surface area contributed by atoms with Crippen LogP contribution in [0.1, 0.15) is 85.3 Å². The molecular weight excluding hydrogens is 556 g/mol. The number of carbonyl (C=O) groups is 2. The summed E-state index contributed by atoms with van der Waals surface area (Å²) in [4.78, 5) is 26.0. The smallest absolute Gasteiger partial charge is 0.334 e. The van der Waals surface area contributed by atoms with Gasteiger partial charge in [0.15, 0.2) is 0 Å². The number of fused-ring (bicyclic) bond motifs is 2. The van der Waals surface area contributed by atoms with Crippen LogP contribution in [0.3, 0.4) is 0 Å². The summed E-state index contributed by atoms with van der Waals surface area (Å²) in [6, 6.07) is 7.81. The lowest BCUT2D eigenvalue weighted by molar-refractivity contribution is -0.371. The molecular formula is C33H48O10. The molecule has 1 spiro atoms. The van der Waals surface area contributed by atoms with Crippen LogP contribution in [-0.4, -0.2) is 72.2 Å². The summed E-state index contributed by atoms with van der Waals surface area (Å²) < 4.78 is 36.1. The highest BCUT2D eigenvalue weighted by atomic mass is 16.7. The summed E-state index contributed by atoms with van der Waals surface area (Å²) in [5.74, 6) is -2.14. The third-order valence-electron chi connectivity index (χ3n) is 9.42. The first-order chi connectivity index (χ1) is 20.1. The third-order valence-corrected chi connectivity index (χ3v) is 9.42. The summed E-state index contributed by atoms with van der Waals surface area (Å²) in [6.45, 7) is 11.0. The second-order valence-corrected chi connectivity index (χ2v) is 13.3. The van der Waals surface area contributed by atoms with E-state index in [4.69, 9.17) is 28.4 Å². The van der Waals surface area contributed by atoms with E-state index in [1.54, 1.807) is 21.1 Å². The van der Waals surface area contributed by atoms with E-state index in [0.717, 1.165) is 23.8 Å². The van der Waals surface area contributed by atoms with Gasteiger partial charge in [0.1, 0.15) is 29.3 Å². The lowest BCUT2D eigenvalue weighted by Gasteiger charge is -2.59. The predicted molar refractivity (Wildman–Crippen MR) is 157 cm³/mol. The Balaban J connectivity index is 1.67. The number of methoxy groups -OCH3 is 2. The Morgan fingerprint density at radius 2 is 1.81 bits per heavy atom. The van der Waals surface area contributed by atoms with Crippen molar-refractivity contribution in [3.63, 3.8) is 0 Å². The van der Waals surface area contributed by atoms with E-state index in [1.807, 2.05) is 45.0 Å². The summed E-state index contributed by atoms with van der Waals surface area (Å²) in [5, 5.41) is 21.6. The summed E-state index contributed by atoms with van der Waals surface area (Å²) in [6.07, 6.45) is -0.684. The molecule has 1 aromatic rings. The van der Waals surface area contributed by atoms with Crippen LogP contribution in [-0.2, 0) is 33.3 Å². The van der Waals surface area contributed by atoms with Gasteiger partial charge in [0.2, 0.25) is 5.79 Å². The molecule has 2 N–H and O–H groups in total. The van der Waals surface area contributed by atoms with Gasteiger partial charge in [0.25, 0.3) is 0 Å². The molecule has 1 unspecified atom stereocenters. The molecule has 240 valence electrons. The van der Waals surface area contributed by atoms with Gasteiger partial charge in [-0.3, -0.25) is 4.79 Å². The van der Waals surface area contributed by atoms with Crippen molar-refractivity contribution < 1.29 is 48.2 Å². The zero-order chi connectivity index (χ0) is 31.7. The van der Waals surface area contributed by atoms with Crippen molar-refractivity contribution in [3.8, 4) is 5.75 Å². The van der Waals surface area contributed by atoms with Gasteiger partial charge in [0, 0.05) is 18.4 Å². The maximum Gasteiger partial charge on any atom is 0.334 e. The predicted octanol–water partition coefficient (Wildman–Crippen LogP) is 4.61. The van der Waals surface area contributed by atoms with E-state index in [9.17, 15) is 19.8 Å². The fourth-order valence-corrected chi connectivity index (χ4v) is 6.84. The van der Waals surface area contributed by atoms with Crippen LogP contribution in [0.15, 0.2) is 36.1 Å². The number of ether oxygens (including phenoxy) is 6. The van der Waals surface area contributed by atoms with Gasteiger partial charge in [-0.15, -0.1) is 0 Å². The minimum atomic E-state index is -1.49. The largest absolute Gasteiger partial charge is 0.497 e. The third kappa shape index (κ3) is 7.03. The van der Waals surface area contributed by atoms with E-state index in [2.05, 4.69) is 6.92 Å². The Kier molecular flexibility index (Phi) is 9.86. The average Bonchev–Trinajstić information content (AvgIpc) is 2.92. The van der Waals surface area contributed by atoms with Crippen molar-refractivity contribution in [2.45, 2.75) is 116 Å². The molecule has 10 heteroatoms. The standard InChI is InChI=1S/C33H48O10/c1-19(12-13-24(39-8)22-10-9-11-23(14-22)38-7)30-20(2)26-17-33(43-30)31(4,5)18-32(6,37)27(42-33)16-29(36)40-25(21(3)34)15-28(35)41-26/h9-11,14,16,19-21,24-26,30,34,37H,12-13,15,17-18H2,1-8H3/b27-16-/t19-,20-,21+,24-,25+,26-,30?,32-,33+/m0/s1. The highest BCUT2D eigenvalue weighted by Gasteiger charge is 2.63. The molecule has 3 bridgehead atoms. The Labute approximate surface area is 254 Å². The molecule has 9 atom stereocenters. The summed E-state index contributed by atoms with van der Waals surface area (Å²) in [7, 11) is 3.32. The summed E-state index contributed by atoms with van der Waals surface area (Å²) >= 11 is 0. The molecule has 10 nitrogen and oxygen atoms in total. The van der Waals surface area contributed by atoms with E-state index in [-0.39, 0.29) is 49.1 Å². The molecule has 1 aromatic carbocycles. The van der Waals surface area contributed by atoms with Crippen LogP contribution in [0.25, 0.3) is 0 Å². The number of aliphatic hydroxyl groups excluding tert-OH is 1. The molecule has 43 heavy (non-hydrogen) atoms. The normalized spacial score (nSPS) is 35.8. The van der Waals surface area contributed by atoms with Crippen LogP contribution in [0.5, 0.6) is 5.75 Å². The molecule has 0 radical (unpaired) electrons. The molecule has 0 amide bonds. The van der Waals surface area contributed by atoms with Crippen molar-refractivity contribution in [2.75, 3.05) is 14.2 Å². The van der Waals surface area contributed by atoms with Gasteiger partial charge in [0.05, 0.1) is 44.3 Å². The zero-order valence-electron chi connectivity index (χ0n) is 26.6. The van der Waals surface area contributed by atoms with Crippen molar-refractivity contribution >= 4 is 11.9 Å². The van der Waals surface area contributed by atoms with Gasteiger partial charge >= 0.3 is 11.9 Å². The first-order valence-corrected chi connectivity index (χ1v) is 15.2. The average molecular weight is 605 g/mol. The fraction of sp³-hybridized carbons (Fsp3) is 0.697. The minimum absolute atomic E-state index is 0.00557. The lowest BCUT2D eigenvalue weighted by atomic mass is 9.66. The van der Waals surface area contributed by atoms with Crippen LogP contribution in [0.2, 0.25) is 0 Å². The molecule has 3 aliphatic rings. The zero-order valence-corrected chi connectivity index (χ0v) is 26.6. The maximum atomic E-state index is 13.2. The molecule has 2 fully saturated rings. The monoisotopic (exact) mass is 604 g/mol.